The molecule has 32 heavy (non-hydrogen) atoms. The Hall–Kier alpha value is -2.59. The van der Waals surface area contributed by atoms with Gasteiger partial charge in [0.1, 0.15) is 16.1 Å². The largest absolute Gasteiger partial charge is 0.378 e. The summed E-state index contributed by atoms with van der Waals surface area (Å²) in [6.45, 7) is 2.81. The maximum absolute atomic E-state index is 12.2. The van der Waals surface area contributed by atoms with Gasteiger partial charge in [-0.05, 0) is 42.7 Å². The Labute approximate surface area is 199 Å². The van der Waals surface area contributed by atoms with Crippen LogP contribution in [0.1, 0.15) is 0 Å². The fraction of sp³-hybridized carbons (Fsp3) is 0.238. The first-order chi connectivity index (χ1) is 15.5. The Morgan fingerprint density at radius 3 is 2.38 bits per heavy atom. The van der Waals surface area contributed by atoms with Crippen LogP contribution in [-0.4, -0.2) is 53.5 Å². The minimum atomic E-state index is -0.389. The molecule has 0 spiro atoms. The number of pyridine rings is 1. The highest BCUT2D eigenvalue weighted by Gasteiger charge is 2.21. The highest BCUT2D eigenvalue weighted by Crippen LogP contribution is 2.35. The number of halogens is 2. The van der Waals surface area contributed by atoms with E-state index in [1.807, 2.05) is 18.4 Å². The van der Waals surface area contributed by atoms with E-state index in [-0.39, 0.29) is 6.03 Å². The molecule has 11 heteroatoms. The van der Waals surface area contributed by atoms with Gasteiger partial charge in [-0.1, -0.05) is 23.2 Å². The van der Waals surface area contributed by atoms with E-state index in [4.69, 9.17) is 32.9 Å². The van der Waals surface area contributed by atoms with Gasteiger partial charge in [-0.15, -0.1) is 11.8 Å². The first-order valence-corrected chi connectivity index (χ1v) is 11.8. The lowest BCUT2D eigenvalue weighted by Gasteiger charge is -2.29. The summed E-state index contributed by atoms with van der Waals surface area (Å²) in [5, 5.41) is 6.25. The van der Waals surface area contributed by atoms with Crippen LogP contribution in [-0.2, 0) is 4.74 Å². The van der Waals surface area contributed by atoms with E-state index in [1.165, 1.54) is 18.0 Å². The molecule has 1 saturated heterocycles. The molecule has 1 aliphatic rings. The van der Waals surface area contributed by atoms with Gasteiger partial charge in [0.05, 0.1) is 30.0 Å². The Kier molecular flexibility index (Phi) is 7.31. The molecule has 2 aromatic heterocycles. The molecule has 2 N–H and O–H groups in total. The smallest absolute Gasteiger partial charge is 0.323 e. The van der Waals surface area contributed by atoms with Crippen LogP contribution in [0.25, 0.3) is 11.4 Å². The number of urea groups is 1. The number of hydrogen-bond acceptors (Lipinski definition) is 7. The molecule has 0 saturated carbocycles. The second-order valence-electron chi connectivity index (χ2n) is 6.82. The zero-order valence-corrected chi connectivity index (χ0v) is 19.5. The first-order valence-electron chi connectivity index (χ1n) is 9.77. The molecule has 0 atom stereocenters. The van der Waals surface area contributed by atoms with Crippen molar-refractivity contribution in [2.75, 3.05) is 48.1 Å². The van der Waals surface area contributed by atoms with Gasteiger partial charge in [-0.2, -0.15) is 0 Å². The quantitative estimate of drug-likeness (QED) is 0.293. The van der Waals surface area contributed by atoms with E-state index < -0.39 is 0 Å². The number of aromatic nitrogens is 3. The fourth-order valence-corrected chi connectivity index (χ4v) is 4.23. The molecule has 3 aromatic rings. The van der Waals surface area contributed by atoms with Gasteiger partial charge in [0, 0.05) is 24.3 Å². The van der Waals surface area contributed by atoms with Gasteiger partial charge in [-0.3, -0.25) is 0 Å². The monoisotopic (exact) mass is 490 g/mol. The van der Waals surface area contributed by atoms with Crippen LogP contribution in [0.2, 0.25) is 10.3 Å². The zero-order valence-electron chi connectivity index (χ0n) is 17.1. The lowest BCUT2D eigenvalue weighted by Crippen LogP contribution is -2.37. The third kappa shape index (κ3) is 5.42. The van der Waals surface area contributed by atoms with E-state index >= 15 is 0 Å². The standard InChI is InChI=1S/C21H20Cl2N6O2S/c1-32-17-18(23)27-19(28-20(17)29-8-10-31-11-9-29)13-2-4-14(5-3-13)25-21(30)26-15-6-7-16(22)24-12-15/h2-7,12H,8-11H2,1H3,(H2,25,26,30). The van der Waals surface area contributed by atoms with Crippen LogP contribution in [0.5, 0.6) is 0 Å². The van der Waals surface area contributed by atoms with Crippen LogP contribution in [0.15, 0.2) is 47.5 Å². The van der Waals surface area contributed by atoms with Gasteiger partial charge in [0.25, 0.3) is 0 Å². The third-order valence-corrected chi connectivity index (χ3v) is 6.10. The van der Waals surface area contributed by atoms with Crippen molar-refractivity contribution in [1.29, 1.82) is 0 Å². The minimum absolute atomic E-state index is 0.358. The van der Waals surface area contributed by atoms with E-state index in [1.54, 1.807) is 24.3 Å². The Morgan fingerprint density at radius 1 is 1.03 bits per heavy atom. The van der Waals surface area contributed by atoms with Gasteiger partial charge in [0.15, 0.2) is 5.82 Å². The summed E-state index contributed by atoms with van der Waals surface area (Å²) in [7, 11) is 0. The number of hydrogen-bond donors (Lipinski definition) is 2. The highest BCUT2D eigenvalue weighted by atomic mass is 35.5. The average Bonchev–Trinajstić information content (AvgIpc) is 2.81. The molecule has 8 nitrogen and oxygen atoms in total. The summed E-state index contributed by atoms with van der Waals surface area (Å²) in [6.07, 6.45) is 3.44. The molecule has 1 fully saturated rings. The van der Waals surface area contributed by atoms with Crippen LogP contribution in [0, 0.1) is 0 Å². The molecule has 0 bridgehead atoms. The normalized spacial score (nSPS) is 13.7. The van der Waals surface area contributed by atoms with Gasteiger partial charge >= 0.3 is 6.03 Å². The predicted molar refractivity (Wildman–Crippen MR) is 129 cm³/mol. The number of benzene rings is 1. The van der Waals surface area contributed by atoms with Gasteiger partial charge in [-0.25, -0.2) is 19.7 Å². The molecule has 1 aliphatic heterocycles. The number of anilines is 3. The van der Waals surface area contributed by atoms with E-state index in [9.17, 15) is 4.79 Å². The summed E-state index contributed by atoms with van der Waals surface area (Å²) in [4.78, 5) is 28.4. The maximum Gasteiger partial charge on any atom is 0.323 e. The van der Waals surface area contributed by atoms with Crippen molar-refractivity contribution in [3.8, 4) is 11.4 Å². The molecular formula is C21H20Cl2N6O2S. The van der Waals surface area contributed by atoms with Crippen LogP contribution >= 0.6 is 35.0 Å². The summed E-state index contributed by atoms with van der Waals surface area (Å²) >= 11 is 13.8. The Balaban J connectivity index is 1.50. The third-order valence-electron chi connectivity index (χ3n) is 4.71. The van der Waals surface area contributed by atoms with Crippen molar-refractivity contribution in [2.45, 2.75) is 4.90 Å². The highest BCUT2D eigenvalue weighted by molar-refractivity contribution is 7.98. The SMILES string of the molecule is CSc1c(Cl)nc(-c2ccc(NC(=O)Nc3ccc(Cl)nc3)cc2)nc1N1CCOCC1. The molecule has 0 unspecified atom stereocenters. The lowest BCUT2D eigenvalue weighted by molar-refractivity contribution is 0.122. The predicted octanol–water partition coefficient (Wildman–Crippen LogP) is 5.05. The molecule has 4 rings (SSSR count). The van der Waals surface area contributed by atoms with Crippen molar-refractivity contribution in [2.24, 2.45) is 0 Å². The summed E-state index contributed by atoms with van der Waals surface area (Å²) < 4.78 is 5.45. The molecule has 166 valence electrons. The van der Waals surface area contributed by atoms with Crippen molar-refractivity contribution in [3.05, 3.63) is 52.9 Å². The number of morpholine rings is 1. The van der Waals surface area contributed by atoms with Crippen molar-refractivity contribution >= 4 is 58.2 Å². The minimum Gasteiger partial charge on any atom is -0.378 e. The number of amides is 2. The summed E-state index contributed by atoms with van der Waals surface area (Å²) in [5.74, 6) is 1.34. The number of rotatable bonds is 5. The Bertz CT molecular complexity index is 1090. The topological polar surface area (TPSA) is 92.3 Å². The molecule has 2 amide bonds. The second-order valence-corrected chi connectivity index (χ2v) is 8.38. The van der Waals surface area contributed by atoms with Crippen molar-refractivity contribution in [3.63, 3.8) is 0 Å². The van der Waals surface area contributed by atoms with E-state index in [2.05, 4.69) is 25.5 Å². The fourth-order valence-electron chi connectivity index (χ4n) is 3.15. The van der Waals surface area contributed by atoms with Crippen molar-refractivity contribution < 1.29 is 9.53 Å². The van der Waals surface area contributed by atoms with Gasteiger partial charge in [0.2, 0.25) is 0 Å². The number of nitrogens with zero attached hydrogens (tertiary/aromatic N) is 4. The number of carbonyl (C=O) groups excluding carboxylic acids is 1. The lowest BCUT2D eigenvalue weighted by atomic mass is 10.2. The summed E-state index contributed by atoms with van der Waals surface area (Å²) in [6, 6.07) is 10.1. The van der Waals surface area contributed by atoms with Gasteiger partial charge < -0.3 is 20.3 Å². The van der Waals surface area contributed by atoms with E-state index in [0.29, 0.717) is 40.7 Å². The second kappa shape index (κ2) is 10.4. The molecule has 0 aliphatic carbocycles. The Morgan fingerprint density at radius 2 is 1.72 bits per heavy atom. The van der Waals surface area contributed by atoms with Crippen LogP contribution in [0.3, 0.4) is 0 Å². The van der Waals surface area contributed by atoms with E-state index in [0.717, 1.165) is 29.4 Å². The molecule has 3 heterocycles. The number of carbonyl (C=O) groups is 1. The molecule has 0 radical (unpaired) electrons. The van der Waals surface area contributed by atoms with Crippen molar-refractivity contribution in [1.82, 2.24) is 15.0 Å². The van der Waals surface area contributed by atoms with Crippen LogP contribution < -0.4 is 15.5 Å². The molecular weight excluding hydrogens is 471 g/mol. The number of thioether (sulfide) groups is 1. The zero-order chi connectivity index (χ0) is 22.5. The number of nitrogens with one attached hydrogen (secondary N) is 2. The maximum atomic E-state index is 12.2. The average molecular weight is 491 g/mol. The first kappa shape index (κ1) is 22.6. The van der Waals surface area contributed by atoms with Crippen LogP contribution in [0.4, 0.5) is 22.0 Å². The number of ether oxygens (including phenoxy) is 1. The summed E-state index contributed by atoms with van der Waals surface area (Å²) in [5.41, 5.74) is 1.95. The molecule has 1 aromatic carbocycles.